The maximum Gasteiger partial charge on any atom is 0.0981 e. The third kappa shape index (κ3) is 3.19. The van der Waals surface area contributed by atoms with Crippen LogP contribution in [-0.2, 0) is 10.5 Å². The van der Waals surface area contributed by atoms with Crippen molar-refractivity contribution in [2.24, 2.45) is 0 Å². The lowest BCUT2D eigenvalue weighted by atomic mass is 10.2. The molecule has 88 valence electrons. The zero-order valence-electron chi connectivity index (χ0n) is 9.89. The van der Waals surface area contributed by atoms with Crippen molar-refractivity contribution in [3.8, 4) is 0 Å². The number of ether oxygens (including phenoxy) is 1. The first-order chi connectivity index (χ1) is 7.90. The number of benzene rings is 1. The molecular formula is C14H20OS. The highest BCUT2D eigenvalue weighted by molar-refractivity contribution is 8.14. The quantitative estimate of drug-likeness (QED) is 0.725. The molecule has 2 atom stereocenters. The molecule has 0 N–H and O–H groups in total. The van der Waals surface area contributed by atoms with Crippen molar-refractivity contribution >= 4 is 15.9 Å². The van der Waals surface area contributed by atoms with Gasteiger partial charge in [0.05, 0.1) is 5.44 Å². The lowest BCUT2D eigenvalue weighted by Crippen LogP contribution is -2.17. The predicted molar refractivity (Wildman–Crippen MR) is 73.1 cm³/mol. The van der Waals surface area contributed by atoms with Gasteiger partial charge in [0.2, 0.25) is 0 Å². The van der Waals surface area contributed by atoms with E-state index in [0.717, 1.165) is 12.4 Å². The lowest BCUT2D eigenvalue weighted by Gasteiger charge is -2.26. The molecule has 0 saturated carbocycles. The monoisotopic (exact) mass is 236 g/mol. The minimum atomic E-state index is 0.284. The van der Waals surface area contributed by atoms with Gasteiger partial charge in [0.15, 0.2) is 0 Å². The summed E-state index contributed by atoms with van der Waals surface area (Å²) in [4.78, 5) is 0. The first-order valence-corrected chi connectivity index (χ1v) is 7.55. The number of hydrogen-bond donors (Lipinski definition) is 0. The van der Waals surface area contributed by atoms with E-state index in [1.165, 1.54) is 24.8 Å². The smallest absolute Gasteiger partial charge is 0.0981 e. The zero-order chi connectivity index (χ0) is 11.2. The van der Waals surface area contributed by atoms with Gasteiger partial charge < -0.3 is 4.74 Å². The van der Waals surface area contributed by atoms with E-state index < -0.39 is 0 Å². The third-order valence-electron chi connectivity index (χ3n) is 2.95. The van der Waals surface area contributed by atoms with Crippen LogP contribution in [-0.4, -0.2) is 17.4 Å². The molecule has 0 aromatic heterocycles. The Morgan fingerprint density at radius 2 is 2.12 bits per heavy atom. The van der Waals surface area contributed by atoms with Crippen molar-refractivity contribution < 1.29 is 4.74 Å². The van der Waals surface area contributed by atoms with Gasteiger partial charge in [-0.3, -0.25) is 0 Å². The van der Waals surface area contributed by atoms with Crippen molar-refractivity contribution in [3.05, 3.63) is 35.9 Å². The summed E-state index contributed by atoms with van der Waals surface area (Å²) in [5, 5.41) is 2.34. The highest BCUT2D eigenvalue weighted by Gasteiger charge is 2.16. The van der Waals surface area contributed by atoms with Gasteiger partial charge in [0.25, 0.3) is 0 Å². The van der Waals surface area contributed by atoms with Gasteiger partial charge in [-0.1, -0.05) is 35.7 Å². The molecule has 2 rings (SSSR count). The first-order valence-electron chi connectivity index (χ1n) is 6.03. The summed E-state index contributed by atoms with van der Waals surface area (Å²) in [6, 6.07) is 10.7. The van der Waals surface area contributed by atoms with Gasteiger partial charge in [-0.25, -0.2) is 0 Å². The summed E-state index contributed by atoms with van der Waals surface area (Å²) in [7, 11) is 0.284. The van der Waals surface area contributed by atoms with E-state index in [4.69, 9.17) is 4.74 Å². The summed E-state index contributed by atoms with van der Waals surface area (Å²) in [6.07, 6.45) is 3.81. The van der Waals surface area contributed by atoms with Gasteiger partial charge in [0.1, 0.15) is 0 Å². The summed E-state index contributed by atoms with van der Waals surface area (Å²) in [5.74, 6) is 1.14. The Kier molecular flexibility index (Phi) is 4.61. The molecule has 1 nitrogen and oxygen atoms in total. The number of rotatable bonds is 3. The Morgan fingerprint density at radius 3 is 2.75 bits per heavy atom. The molecule has 1 heterocycles. The summed E-state index contributed by atoms with van der Waals surface area (Å²) >= 11 is 0. The SMILES string of the molecule is CC=S(Cc1ccccc1)C1CCCCO1. The molecule has 0 bridgehead atoms. The predicted octanol–water partition coefficient (Wildman–Crippen LogP) is 3.80. The molecule has 2 heteroatoms. The minimum Gasteiger partial charge on any atom is -0.368 e. The van der Waals surface area contributed by atoms with Crippen molar-refractivity contribution in [2.75, 3.05) is 6.61 Å². The number of hydrogen-bond acceptors (Lipinski definition) is 1. The van der Waals surface area contributed by atoms with Crippen LogP contribution >= 0.6 is 10.5 Å². The van der Waals surface area contributed by atoms with Gasteiger partial charge in [-0.15, -0.1) is 0 Å². The Balaban J connectivity index is 2.00. The van der Waals surface area contributed by atoms with Crippen LogP contribution in [0.3, 0.4) is 0 Å². The molecule has 1 aliphatic heterocycles. The molecule has 0 spiro atoms. The van der Waals surface area contributed by atoms with Crippen molar-refractivity contribution in [1.29, 1.82) is 0 Å². The molecule has 2 unspecified atom stereocenters. The molecule has 0 radical (unpaired) electrons. The molecule has 0 aliphatic carbocycles. The second-order valence-electron chi connectivity index (χ2n) is 4.13. The molecule has 1 aromatic carbocycles. The molecule has 0 amide bonds. The normalized spacial score (nSPS) is 23.2. The van der Waals surface area contributed by atoms with E-state index in [0.29, 0.717) is 5.44 Å². The summed E-state index contributed by atoms with van der Waals surface area (Å²) < 4.78 is 5.88. The van der Waals surface area contributed by atoms with Crippen LogP contribution in [0.1, 0.15) is 31.7 Å². The fourth-order valence-corrected chi connectivity index (χ4v) is 4.02. The average molecular weight is 236 g/mol. The van der Waals surface area contributed by atoms with E-state index in [1.807, 2.05) is 0 Å². The van der Waals surface area contributed by atoms with E-state index in [1.54, 1.807) is 0 Å². The molecular weight excluding hydrogens is 216 g/mol. The van der Waals surface area contributed by atoms with Crippen LogP contribution in [0.25, 0.3) is 0 Å². The fraction of sp³-hybridized carbons (Fsp3) is 0.500. The zero-order valence-corrected chi connectivity index (χ0v) is 10.7. The maximum atomic E-state index is 5.88. The topological polar surface area (TPSA) is 9.23 Å². The molecule has 1 aliphatic rings. The minimum absolute atomic E-state index is 0.284. The molecule has 1 saturated heterocycles. The van der Waals surface area contributed by atoms with Crippen molar-refractivity contribution in [1.82, 2.24) is 0 Å². The highest BCUT2D eigenvalue weighted by Crippen LogP contribution is 2.32. The van der Waals surface area contributed by atoms with E-state index in [9.17, 15) is 0 Å². The van der Waals surface area contributed by atoms with E-state index >= 15 is 0 Å². The second-order valence-corrected chi connectivity index (χ2v) is 6.36. The molecule has 1 fully saturated rings. The van der Waals surface area contributed by atoms with Crippen LogP contribution in [0.4, 0.5) is 0 Å². The average Bonchev–Trinajstić information content (AvgIpc) is 2.38. The van der Waals surface area contributed by atoms with E-state index in [-0.39, 0.29) is 10.5 Å². The van der Waals surface area contributed by atoms with Gasteiger partial charge in [-0.05, 0) is 31.7 Å². The van der Waals surface area contributed by atoms with Crippen LogP contribution in [0.15, 0.2) is 30.3 Å². The Hall–Kier alpha value is -0.600. The van der Waals surface area contributed by atoms with Gasteiger partial charge in [0, 0.05) is 12.4 Å². The standard InChI is InChI=1S/C14H20OS/c1-2-16(14-10-6-7-11-15-14)12-13-8-4-3-5-9-13/h2-5,8-9,14H,6-7,10-12H2,1H3. The molecule has 1 aromatic rings. The Morgan fingerprint density at radius 1 is 1.31 bits per heavy atom. The second kappa shape index (κ2) is 6.21. The maximum absolute atomic E-state index is 5.88. The summed E-state index contributed by atoms with van der Waals surface area (Å²) in [6.45, 7) is 3.13. The van der Waals surface area contributed by atoms with Crippen LogP contribution < -0.4 is 0 Å². The lowest BCUT2D eigenvalue weighted by molar-refractivity contribution is 0.0724. The van der Waals surface area contributed by atoms with Gasteiger partial charge in [-0.2, -0.15) is 10.5 Å². The van der Waals surface area contributed by atoms with E-state index in [2.05, 4.69) is 42.6 Å². The largest absolute Gasteiger partial charge is 0.368 e. The fourth-order valence-electron chi connectivity index (χ4n) is 2.04. The Bertz CT molecular complexity index is 339. The Labute approximate surface area is 101 Å². The third-order valence-corrected chi connectivity index (χ3v) is 5.27. The van der Waals surface area contributed by atoms with Crippen LogP contribution in [0.2, 0.25) is 0 Å². The highest BCUT2D eigenvalue weighted by atomic mass is 32.2. The van der Waals surface area contributed by atoms with Gasteiger partial charge >= 0.3 is 0 Å². The molecule has 16 heavy (non-hydrogen) atoms. The first kappa shape index (κ1) is 11.9. The van der Waals surface area contributed by atoms with Crippen molar-refractivity contribution in [2.45, 2.75) is 37.4 Å². The van der Waals surface area contributed by atoms with Crippen LogP contribution in [0, 0.1) is 0 Å². The van der Waals surface area contributed by atoms with Crippen LogP contribution in [0.5, 0.6) is 0 Å². The summed E-state index contributed by atoms with van der Waals surface area (Å²) in [5.41, 5.74) is 1.90. The van der Waals surface area contributed by atoms with Crippen molar-refractivity contribution in [3.63, 3.8) is 0 Å².